The van der Waals surface area contributed by atoms with E-state index in [0.717, 1.165) is 0 Å². The normalized spacial score (nSPS) is 15.1. The van der Waals surface area contributed by atoms with Crippen molar-refractivity contribution in [1.82, 2.24) is 4.90 Å². The molecule has 0 bridgehead atoms. The molecule has 0 N–H and O–H groups in total. The zero-order valence-corrected chi connectivity index (χ0v) is 11.1. The van der Waals surface area contributed by atoms with Gasteiger partial charge in [-0.25, -0.2) is 4.90 Å². The third kappa shape index (κ3) is 2.22. The summed E-state index contributed by atoms with van der Waals surface area (Å²) in [5.41, 5.74) is -0.0597. The largest absolute Gasteiger partial charge is 0.496 e. The van der Waals surface area contributed by atoms with E-state index < -0.39 is 4.92 Å². The maximum Gasteiger partial charge on any atom is 0.297 e. The van der Waals surface area contributed by atoms with Gasteiger partial charge in [0.25, 0.3) is 11.6 Å². The molecule has 1 aromatic carbocycles. The molecular weight excluding hydrogens is 270 g/mol. The number of thiocarbonyl (C=S) groups is 1. The van der Waals surface area contributed by atoms with Gasteiger partial charge in [-0.3, -0.25) is 14.9 Å². The van der Waals surface area contributed by atoms with Crippen molar-refractivity contribution >= 4 is 34.6 Å². The Hall–Kier alpha value is -2.22. The number of nitro benzene ring substituents is 1. The molecule has 1 saturated heterocycles. The van der Waals surface area contributed by atoms with E-state index in [1.54, 1.807) is 18.0 Å². The molecule has 2 rings (SSSR count). The van der Waals surface area contributed by atoms with Crippen LogP contribution in [0.25, 0.3) is 0 Å². The van der Waals surface area contributed by atoms with Crippen LogP contribution < -0.4 is 9.64 Å². The number of hydrogen-bond donors (Lipinski definition) is 0. The Bertz CT molecular complexity index is 575. The summed E-state index contributed by atoms with van der Waals surface area (Å²) in [6.45, 7) is 0.113. The molecule has 100 valence electrons. The van der Waals surface area contributed by atoms with E-state index in [1.165, 1.54) is 24.1 Å². The molecule has 1 fully saturated rings. The van der Waals surface area contributed by atoms with E-state index in [9.17, 15) is 14.9 Å². The summed E-state index contributed by atoms with van der Waals surface area (Å²) in [4.78, 5) is 25.1. The van der Waals surface area contributed by atoms with Crippen molar-refractivity contribution in [3.8, 4) is 5.75 Å². The number of carbonyl (C=O) groups is 1. The molecule has 0 atom stereocenters. The lowest BCUT2D eigenvalue weighted by Crippen LogP contribution is -2.31. The number of methoxy groups -OCH3 is 1. The maximum absolute atomic E-state index is 11.9. The van der Waals surface area contributed by atoms with Crippen molar-refractivity contribution in [2.24, 2.45) is 0 Å². The Morgan fingerprint density at radius 2 is 2.16 bits per heavy atom. The molecular formula is C11H11N3O4S. The van der Waals surface area contributed by atoms with E-state index in [4.69, 9.17) is 17.0 Å². The van der Waals surface area contributed by atoms with Gasteiger partial charge in [-0.05, 0) is 24.4 Å². The summed E-state index contributed by atoms with van der Waals surface area (Å²) in [7, 11) is 3.08. The lowest BCUT2D eigenvalue weighted by Gasteiger charge is -2.17. The molecule has 1 amide bonds. The number of carbonyl (C=O) groups excluding carboxylic acids is 1. The number of benzene rings is 1. The maximum atomic E-state index is 11.9. The van der Waals surface area contributed by atoms with Gasteiger partial charge < -0.3 is 9.64 Å². The van der Waals surface area contributed by atoms with Crippen LogP contribution in [0.5, 0.6) is 5.75 Å². The monoisotopic (exact) mass is 281 g/mol. The second-order valence-corrected chi connectivity index (χ2v) is 4.34. The van der Waals surface area contributed by atoms with Crippen molar-refractivity contribution in [3.63, 3.8) is 0 Å². The SMILES string of the molecule is COc1ccc(N2C(=O)CN(C)C2=S)c([N+](=O)[O-])c1. The zero-order chi connectivity index (χ0) is 14.2. The van der Waals surface area contributed by atoms with Gasteiger partial charge in [0.05, 0.1) is 24.6 Å². The smallest absolute Gasteiger partial charge is 0.297 e. The molecule has 1 aromatic rings. The summed E-state index contributed by atoms with van der Waals surface area (Å²) >= 11 is 5.11. The lowest BCUT2D eigenvalue weighted by atomic mass is 10.2. The van der Waals surface area contributed by atoms with Gasteiger partial charge in [0.1, 0.15) is 11.4 Å². The van der Waals surface area contributed by atoms with Crippen LogP contribution in [0.2, 0.25) is 0 Å². The molecule has 7 nitrogen and oxygen atoms in total. The zero-order valence-electron chi connectivity index (χ0n) is 10.3. The van der Waals surface area contributed by atoms with Crippen LogP contribution in [0.1, 0.15) is 0 Å². The number of nitrogens with zero attached hydrogens (tertiary/aromatic N) is 3. The Labute approximate surface area is 114 Å². The van der Waals surface area contributed by atoms with E-state index in [0.29, 0.717) is 5.75 Å². The molecule has 8 heteroatoms. The summed E-state index contributed by atoms with van der Waals surface area (Å²) < 4.78 is 4.95. The van der Waals surface area contributed by atoms with E-state index in [2.05, 4.69) is 0 Å². The minimum atomic E-state index is -0.563. The number of hydrogen-bond acceptors (Lipinski definition) is 5. The van der Waals surface area contributed by atoms with E-state index in [1.807, 2.05) is 0 Å². The topological polar surface area (TPSA) is 75.9 Å². The van der Waals surface area contributed by atoms with Crippen molar-refractivity contribution in [3.05, 3.63) is 28.3 Å². The Balaban J connectivity index is 2.53. The highest BCUT2D eigenvalue weighted by molar-refractivity contribution is 7.80. The van der Waals surface area contributed by atoms with Crippen LogP contribution in [0.4, 0.5) is 11.4 Å². The van der Waals surface area contributed by atoms with Crippen LogP contribution in [-0.4, -0.2) is 41.5 Å². The first kappa shape index (κ1) is 13.2. The quantitative estimate of drug-likeness (QED) is 0.470. The predicted molar refractivity (Wildman–Crippen MR) is 72.4 cm³/mol. The van der Waals surface area contributed by atoms with Crippen LogP contribution in [-0.2, 0) is 4.79 Å². The highest BCUT2D eigenvalue weighted by atomic mass is 32.1. The molecule has 1 aliphatic heterocycles. The molecule has 0 aromatic heterocycles. The molecule has 0 aliphatic carbocycles. The summed E-state index contributed by atoms with van der Waals surface area (Å²) in [6, 6.07) is 4.28. The Morgan fingerprint density at radius 1 is 1.47 bits per heavy atom. The first-order chi connectivity index (χ1) is 8.95. The number of likely N-dealkylation sites (N-methyl/N-ethyl adjacent to an activating group) is 1. The van der Waals surface area contributed by atoms with Gasteiger partial charge in [0, 0.05) is 7.05 Å². The molecule has 0 unspecified atom stereocenters. The van der Waals surface area contributed by atoms with Crippen molar-refractivity contribution in [2.45, 2.75) is 0 Å². The summed E-state index contributed by atoms with van der Waals surface area (Å²) in [5, 5.41) is 11.3. The second kappa shape index (κ2) is 4.81. The third-order valence-corrected chi connectivity index (χ3v) is 3.25. The van der Waals surface area contributed by atoms with Gasteiger partial charge >= 0.3 is 0 Å². The van der Waals surface area contributed by atoms with Gasteiger partial charge in [0.2, 0.25) is 0 Å². The number of ether oxygens (including phenoxy) is 1. The number of rotatable bonds is 3. The molecule has 0 saturated carbocycles. The second-order valence-electron chi connectivity index (χ2n) is 3.98. The molecule has 1 aliphatic rings. The first-order valence-electron chi connectivity index (χ1n) is 5.36. The van der Waals surface area contributed by atoms with Gasteiger partial charge in [0.15, 0.2) is 5.11 Å². The summed E-state index contributed by atoms with van der Waals surface area (Å²) in [5.74, 6) is 0.0575. The van der Waals surface area contributed by atoms with Crippen molar-refractivity contribution in [1.29, 1.82) is 0 Å². The molecule has 0 radical (unpaired) electrons. The van der Waals surface area contributed by atoms with Crippen molar-refractivity contribution < 1.29 is 14.5 Å². The van der Waals surface area contributed by atoms with Crippen LogP contribution in [0.3, 0.4) is 0 Å². The standard InChI is InChI=1S/C11H11N3O4S/c1-12-6-10(15)13(11(12)19)8-4-3-7(18-2)5-9(8)14(16)17/h3-5H,6H2,1-2H3. The number of anilines is 1. The van der Waals surface area contributed by atoms with Crippen LogP contribution >= 0.6 is 12.2 Å². The minimum Gasteiger partial charge on any atom is -0.496 e. The van der Waals surface area contributed by atoms with Gasteiger partial charge in [-0.15, -0.1) is 0 Å². The predicted octanol–water partition coefficient (Wildman–Crippen LogP) is 1.17. The molecule has 1 heterocycles. The average molecular weight is 281 g/mol. The van der Waals surface area contributed by atoms with Crippen LogP contribution in [0.15, 0.2) is 18.2 Å². The molecule has 19 heavy (non-hydrogen) atoms. The minimum absolute atomic E-state index is 0.113. The van der Waals surface area contributed by atoms with Gasteiger partial charge in [-0.2, -0.15) is 0 Å². The van der Waals surface area contributed by atoms with Gasteiger partial charge in [-0.1, -0.05) is 0 Å². The third-order valence-electron chi connectivity index (χ3n) is 2.76. The van der Waals surface area contributed by atoms with Crippen molar-refractivity contribution in [2.75, 3.05) is 25.6 Å². The van der Waals surface area contributed by atoms with E-state index in [-0.39, 0.29) is 28.9 Å². The Morgan fingerprint density at radius 3 is 2.63 bits per heavy atom. The average Bonchev–Trinajstić information content (AvgIpc) is 2.62. The number of nitro groups is 1. The first-order valence-corrected chi connectivity index (χ1v) is 5.77. The lowest BCUT2D eigenvalue weighted by molar-refractivity contribution is -0.384. The molecule has 0 spiro atoms. The van der Waals surface area contributed by atoms with E-state index >= 15 is 0 Å². The fourth-order valence-electron chi connectivity index (χ4n) is 1.82. The fourth-order valence-corrected chi connectivity index (χ4v) is 2.09. The fraction of sp³-hybridized carbons (Fsp3) is 0.273. The Kier molecular flexibility index (Phi) is 3.34. The highest BCUT2D eigenvalue weighted by Crippen LogP contribution is 2.34. The van der Waals surface area contributed by atoms with Crippen LogP contribution in [0, 0.1) is 10.1 Å². The highest BCUT2D eigenvalue weighted by Gasteiger charge is 2.35. The number of amides is 1. The summed E-state index contributed by atoms with van der Waals surface area (Å²) in [6.07, 6.45) is 0.